The highest BCUT2D eigenvalue weighted by atomic mass is 28.3. The van der Waals surface area contributed by atoms with Gasteiger partial charge in [0.25, 0.3) is 5.91 Å². The Morgan fingerprint density at radius 3 is 2.60 bits per heavy atom. The van der Waals surface area contributed by atoms with Gasteiger partial charge < -0.3 is 29.6 Å². The molecule has 3 heterocycles. The highest BCUT2D eigenvalue weighted by Gasteiger charge is 2.41. The molecule has 47 heavy (non-hydrogen) atoms. The minimum atomic E-state index is -1.30. The lowest BCUT2D eigenvalue weighted by atomic mass is 9.84. The summed E-state index contributed by atoms with van der Waals surface area (Å²) in [6.45, 7) is 15.5. The van der Waals surface area contributed by atoms with Gasteiger partial charge in [-0.1, -0.05) is 46.5 Å². The number of aryl methyl sites for hydroxylation is 1. The van der Waals surface area contributed by atoms with E-state index in [1.165, 1.54) is 13.1 Å². The Labute approximate surface area is 276 Å². The first-order valence-corrected chi connectivity index (χ1v) is 19.8. The van der Waals surface area contributed by atoms with Crippen LogP contribution < -0.4 is 15.4 Å². The number of nitrogens with zero attached hydrogens (tertiary/aromatic N) is 5. The van der Waals surface area contributed by atoms with Crippen molar-refractivity contribution in [3.05, 3.63) is 47.3 Å². The summed E-state index contributed by atoms with van der Waals surface area (Å²) in [5.74, 6) is -0.228. The standard InChI is InChI=1S/C34H45N7O5Si/c1-21(42)37-27-11-9-23-8-10-24(14-25(23)27)46-28-16-36-31-29(38-28)26(19-41(31)20-45-12-13-47(5,6)7)32(43)39-30(34(2,3)4)33(44)40-17-22(15-35)18-40/h8,10,14,16,19,22,27,30H,9,11-13,17-18,20H2,1-7H3,(H,37,42)(H,39,43)/t27-,30+/m1/s1. The van der Waals surface area contributed by atoms with Gasteiger partial charge in [0.1, 0.15) is 24.0 Å². The van der Waals surface area contributed by atoms with Gasteiger partial charge in [-0.2, -0.15) is 5.26 Å². The number of benzene rings is 1. The van der Waals surface area contributed by atoms with Gasteiger partial charge in [-0.15, -0.1) is 0 Å². The van der Waals surface area contributed by atoms with Crippen LogP contribution in [0.5, 0.6) is 11.6 Å². The topological polar surface area (TPSA) is 151 Å². The number of rotatable bonds is 11. The number of carbonyl (C=O) groups excluding carboxylic acids is 3. The second kappa shape index (κ2) is 13.4. The van der Waals surface area contributed by atoms with Gasteiger partial charge in [-0.25, -0.2) is 9.97 Å². The van der Waals surface area contributed by atoms with E-state index in [4.69, 9.17) is 14.5 Å². The summed E-state index contributed by atoms with van der Waals surface area (Å²) in [5.41, 5.74) is 2.59. The van der Waals surface area contributed by atoms with E-state index < -0.39 is 25.4 Å². The molecule has 2 atom stereocenters. The molecule has 3 aromatic rings. The molecule has 1 aliphatic carbocycles. The largest absolute Gasteiger partial charge is 0.437 e. The lowest BCUT2D eigenvalue weighted by Crippen LogP contribution is -2.60. The Morgan fingerprint density at radius 2 is 1.94 bits per heavy atom. The summed E-state index contributed by atoms with van der Waals surface area (Å²) in [4.78, 5) is 50.1. The van der Waals surface area contributed by atoms with E-state index in [0.717, 1.165) is 30.0 Å². The number of nitriles is 1. The maximum Gasteiger partial charge on any atom is 0.255 e. The average molecular weight is 660 g/mol. The van der Waals surface area contributed by atoms with Crippen LogP contribution in [-0.4, -0.2) is 71.0 Å². The molecule has 13 heteroatoms. The smallest absolute Gasteiger partial charge is 0.255 e. The molecule has 250 valence electrons. The minimum absolute atomic E-state index is 0.0783. The molecule has 1 fully saturated rings. The molecule has 2 aliphatic rings. The molecule has 1 aliphatic heterocycles. The first-order valence-electron chi connectivity index (χ1n) is 16.1. The third-order valence-corrected chi connectivity index (χ3v) is 10.3. The van der Waals surface area contributed by atoms with Crippen molar-refractivity contribution in [3.63, 3.8) is 0 Å². The number of nitrogens with one attached hydrogen (secondary N) is 2. The number of ether oxygens (including phenoxy) is 2. The molecule has 1 saturated heterocycles. The zero-order chi connectivity index (χ0) is 34.1. The van der Waals surface area contributed by atoms with Gasteiger partial charge in [0.15, 0.2) is 5.65 Å². The van der Waals surface area contributed by atoms with E-state index in [1.54, 1.807) is 15.7 Å². The Kier molecular flexibility index (Phi) is 9.75. The van der Waals surface area contributed by atoms with Gasteiger partial charge in [0.05, 0.1) is 29.8 Å². The van der Waals surface area contributed by atoms with Crippen molar-refractivity contribution in [1.82, 2.24) is 30.1 Å². The van der Waals surface area contributed by atoms with Crippen molar-refractivity contribution in [1.29, 1.82) is 5.26 Å². The van der Waals surface area contributed by atoms with Crippen LogP contribution in [0, 0.1) is 22.7 Å². The maximum atomic E-state index is 13.9. The van der Waals surface area contributed by atoms with Gasteiger partial charge in [0.2, 0.25) is 17.7 Å². The average Bonchev–Trinajstić information content (AvgIpc) is 3.52. The number of amides is 3. The number of likely N-dealkylation sites (tertiary alicyclic amines) is 1. The van der Waals surface area contributed by atoms with Crippen molar-refractivity contribution >= 4 is 37.0 Å². The Balaban J connectivity index is 1.43. The van der Waals surface area contributed by atoms with Crippen LogP contribution in [0.2, 0.25) is 25.7 Å². The van der Waals surface area contributed by atoms with Crippen molar-refractivity contribution in [2.45, 2.75) is 85.0 Å². The van der Waals surface area contributed by atoms with E-state index in [2.05, 4.69) is 41.3 Å². The van der Waals surface area contributed by atoms with Gasteiger partial charge in [0, 0.05) is 40.9 Å². The number of aromatic nitrogens is 3. The third-order valence-electron chi connectivity index (χ3n) is 8.57. The van der Waals surface area contributed by atoms with E-state index in [9.17, 15) is 19.6 Å². The Hall–Kier alpha value is -4.28. The first-order chi connectivity index (χ1) is 22.1. The molecule has 0 unspecified atom stereocenters. The zero-order valence-electron chi connectivity index (χ0n) is 28.3. The van der Waals surface area contributed by atoms with Crippen molar-refractivity contribution in [2.75, 3.05) is 19.7 Å². The molecular formula is C34H45N7O5Si. The van der Waals surface area contributed by atoms with Gasteiger partial charge in [-0.05, 0) is 47.6 Å². The van der Waals surface area contributed by atoms with Gasteiger partial charge in [-0.3, -0.25) is 14.4 Å². The molecule has 0 spiro atoms. The molecule has 5 rings (SSSR count). The van der Waals surface area contributed by atoms with E-state index in [0.29, 0.717) is 36.6 Å². The maximum absolute atomic E-state index is 13.9. The van der Waals surface area contributed by atoms with Crippen LogP contribution in [0.25, 0.3) is 11.2 Å². The lowest BCUT2D eigenvalue weighted by Gasteiger charge is -2.41. The summed E-state index contributed by atoms with van der Waals surface area (Å²) >= 11 is 0. The van der Waals surface area contributed by atoms with Crippen LogP contribution in [0.1, 0.15) is 61.6 Å². The summed E-state index contributed by atoms with van der Waals surface area (Å²) in [6, 6.07) is 8.04. The van der Waals surface area contributed by atoms with Crippen LogP contribution in [-0.2, 0) is 27.5 Å². The Bertz CT molecular complexity index is 1710. The van der Waals surface area contributed by atoms with Crippen LogP contribution in [0.15, 0.2) is 30.6 Å². The predicted octanol–water partition coefficient (Wildman–Crippen LogP) is 4.79. The molecule has 12 nitrogen and oxygen atoms in total. The summed E-state index contributed by atoms with van der Waals surface area (Å²) in [7, 11) is -1.30. The van der Waals surface area contributed by atoms with Crippen LogP contribution in [0.4, 0.5) is 0 Å². The number of carbonyl (C=O) groups is 3. The molecule has 3 amide bonds. The highest BCUT2D eigenvalue weighted by Crippen LogP contribution is 2.35. The first kappa shape index (κ1) is 34.1. The van der Waals surface area contributed by atoms with Crippen LogP contribution in [0.3, 0.4) is 0 Å². The lowest BCUT2D eigenvalue weighted by molar-refractivity contribution is -0.141. The number of hydrogen-bond acceptors (Lipinski definition) is 8. The molecule has 0 radical (unpaired) electrons. The van der Waals surface area contributed by atoms with E-state index in [1.807, 2.05) is 39.0 Å². The summed E-state index contributed by atoms with van der Waals surface area (Å²) < 4.78 is 13.9. The Morgan fingerprint density at radius 1 is 1.19 bits per heavy atom. The highest BCUT2D eigenvalue weighted by molar-refractivity contribution is 6.76. The fourth-order valence-corrected chi connectivity index (χ4v) is 6.59. The summed E-state index contributed by atoms with van der Waals surface area (Å²) in [6.07, 6.45) is 4.86. The fourth-order valence-electron chi connectivity index (χ4n) is 5.83. The third kappa shape index (κ3) is 8.00. The second-order valence-electron chi connectivity index (χ2n) is 14.8. The monoisotopic (exact) mass is 659 g/mol. The van der Waals surface area contributed by atoms with E-state index in [-0.39, 0.29) is 41.9 Å². The second-order valence-corrected chi connectivity index (χ2v) is 20.5. The SMILES string of the molecule is CC(=O)N[C@@H]1CCc2ccc(Oc3cnc4c(n3)c(C(=O)N[C@@H](C(=O)N3CC(C#N)C3)C(C)(C)C)cn4COCC[Si](C)(C)C)cc21. The van der Waals surface area contributed by atoms with Gasteiger partial charge >= 0.3 is 0 Å². The predicted molar refractivity (Wildman–Crippen MR) is 179 cm³/mol. The minimum Gasteiger partial charge on any atom is -0.437 e. The van der Waals surface area contributed by atoms with E-state index >= 15 is 0 Å². The fraction of sp³-hybridized carbons (Fsp3) is 0.529. The van der Waals surface area contributed by atoms with Crippen molar-refractivity contribution in [2.24, 2.45) is 11.3 Å². The van der Waals surface area contributed by atoms with Crippen molar-refractivity contribution in [3.8, 4) is 17.7 Å². The zero-order valence-corrected chi connectivity index (χ0v) is 29.3. The summed E-state index contributed by atoms with van der Waals surface area (Å²) in [5, 5.41) is 15.1. The molecule has 0 bridgehead atoms. The molecule has 1 aromatic carbocycles. The number of hydrogen-bond donors (Lipinski definition) is 2. The molecule has 2 N–H and O–H groups in total. The molecule has 0 saturated carbocycles. The normalized spacial score (nSPS) is 17.1. The molecule has 2 aromatic heterocycles. The number of fused-ring (bicyclic) bond motifs is 2. The van der Waals surface area contributed by atoms with Crippen LogP contribution >= 0.6 is 0 Å². The van der Waals surface area contributed by atoms with Crippen molar-refractivity contribution < 1.29 is 23.9 Å². The quantitative estimate of drug-likeness (QED) is 0.220. The molecular weight excluding hydrogens is 615 g/mol.